The molecule has 1 aliphatic heterocycles. The highest BCUT2D eigenvalue weighted by Gasteiger charge is 2.39. The molecule has 5 nitrogen and oxygen atoms in total. The van der Waals surface area contributed by atoms with Crippen LogP contribution >= 0.6 is 0 Å². The summed E-state index contributed by atoms with van der Waals surface area (Å²) in [6, 6.07) is 0.804. The van der Waals surface area contributed by atoms with Crippen LogP contribution in [0.4, 0.5) is 4.79 Å². The average molecular weight is 239 g/mol. The van der Waals surface area contributed by atoms with E-state index in [-0.39, 0.29) is 11.9 Å². The normalized spacial score (nSPS) is 27.8. The van der Waals surface area contributed by atoms with E-state index in [1.54, 1.807) is 0 Å². The average Bonchev–Trinajstić information content (AvgIpc) is 2.60. The maximum atomic E-state index is 11.8. The Morgan fingerprint density at radius 1 is 1.35 bits per heavy atom. The van der Waals surface area contributed by atoms with E-state index in [4.69, 9.17) is 5.73 Å². The van der Waals surface area contributed by atoms with Gasteiger partial charge < -0.3 is 16.0 Å². The quantitative estimate of drug-likeness (QED) is 0.702. The molecule has 1 heterocycles. The van der Waals surface area contributed by atoms with Gasteiger partial charge in [-0.2, -0.15) is 0 Å². The molecule has 1 saturated heterocycles. The summed E-state index contributed by atoms with van der Waals surface area (Å²) in [5.41, 5.74) is 5.09. The molecule has 17 heavy (non-hydrogen) atoms. The molecule has 96 valence electrons. The summed E-state index contributed by atoms with van der Waals surface area (Å²) in [6.07, 6.45) is 6.71. The summed E-state index contributed by atoms with van der Waals surface area (Å²) in [4.78, 5) is 24.4. The fourth-order valence-electron chi connectivity index (χ4n) is 2.89. The van der Waals surface area contributed by atoms with Crippen molar-refractivity contribution in [1.29, 1.82) is 0 Å². The van der Waals surface area contributed by atoms with Crippen molar-refractivity contribution in [2.75, 3.05) is 6.54 Å². The van der Waals surface area contributed by atoms with Crippen LogP contribution in [-0.4, -0.2) is 35.5 Å². The van der Waals surface area contributed by atoms with Crippen LogP contribution in [0, 0.1) is 0 Å². The van der Waals surface area contributed by atoms with Gasteiger partial charge in [-0.05, 0) is 25.7 Å². The Morgan fingerprint density at radius 2 is 2.12 bits per heavy atom. The van der Waals surface area contributed by atoms with Gasteiger partial charge in [-0.1, -0.05) is 12.8 Å². The first-order valence-corrected chi connectivity index (χ1v) is 6.54. The monoisotopic (exact) mass is 239 g/mol. The number of unbranched alkanes of at least 4 members (excludes halogenated alkanes) is 1. The molecule has 3 N–H and O–H groups in total. The zero-order valence-corrected chi connectivity index (χ0v) is 10.2. The van der Waals surface area contributed by atoms with Gasteiger partial charge in [0.05, 0.1) is 12.1 Å². The number of hydrogen-bond acceptors (Lipinski definition) is 2. The number of nitrogens with one attached hydrogen (secondary N) is 1. The second-order valence-electron chi connectivity index (χ2n) is 5.02. The van der Waals surface area contributed by atoms with Gasteiger partial charge in [-0.3, -0.25) is 4.79 Å². The first-order chi connectivity index (χ1) is 8.18. The summed E-state index contributed by atoms with van der Waals surface area (Å²) in [5.74, 6) is -0.258. The Labute approximate surface area is 102 Å². The lowest BCUT2D eigenvalue weighted by atomic mass is 9.91. The van der Waals surface area contributed by atoms with Crippen molar-refractivity contribution in [3.05, 3.63) is 0 Å². The third-order valence-electron chi connectivity index (χ3n) is 3.77. The molecule has 2 unspecified atom stereocenters. The lowest BCUT2D eigenvalue weighted by Crippen LogP contribution is -2.39. The summed E-state index contributed by atoms with van der Waals surface area (Å²) >= 11 is 0. The first kappa shape index (κ1) is 12.2. The molecule has 0 aromatic rings. The number of nitrogens with zero attached hydrogens (tertiary/aromatic N) is 1. The molecule has 2 rings (SSSR count). The molecule has 0 aromatic carbocycles. The number of fused-ring (bicyclic) bond motifs is 1. The van der Waals surface area contributed by atoms with E-state index < -0.39 is 0 Å². The highest BCUT2D eigenvalue weighted by Crippen LogP contribution is 2.28. The number of nitrogens with two attached hydrogens (primary N) is 1. The summed E-state index contributed by atoms with van der Waals surface area (Å²) < 4.78 is 0. The van der Waals surface area contributed by atoms with Gasteiger partial charge in [0.1, 0.15) is 0 Å². The van der Waals surface area contributed by atoms with Crippen molar-refractivity contribution in [2.45, 2.75) is 57.0 Å². The van der Waals surface area contributed by atoms with Crippen LogP contribution < -0.4 is 11.1 Å². The SMILES string of the molecule is NC(=O)CCCCN1C(=O)NC2CCCCC21. The van der Waals surface area contributed by atoms with Crippen LogP contribution in [0.5, 0.6) is 0 Å². The Bertz CT molecular complexity index is 306. The summed E-state index contributed by atoms with van der Waals surface area (Å²) in [7, 11) is 0. The van der Waals surface area contributed by atoms with Crippen molar-refractivity contribution in [3.8, 4) is 0 Å². The van der Waals surface area contributed by atoms with Gasteiger partial charge in [-0.25, -0.2) is 4.79 Å². The third-order valence-corrected chi connectivity index (χ3v) is 3.77. The molecule has 0 spiro atoms. The van der Waals surface area contributed by atoms with Crippen molar-refractivity contribution >= 4 is 11.9 Å². The fraction of sp³-hybridized carbons (Fsp3) is 0.833. The lowest BCUT2D eigenvalue weighted by Gasteiger charge is -2.29. The molecule has 2 fully saturated rings. The maximum Gasteiger partial charge on any atom is 0.318 e. The van der Waals surface area contributed by atoms with E-state index in [2.05, 4.69) is 5.32 Å². The highest BCUT2D eigenvalue weighted by atomic mass is 16.2. The number of amides is 3. The van der Waals surface area contributed by atoms with E-state index >= 15 is 0 Å². The fourth-order valence-corrected chi connectivity index (χ4v) is 2.89. The van der Waals surface area contributed by atoms with Crippen molar-refractivity contribution < 1.29 is 9.59 Å². The number of hydrogen-bond donors (Lipinski definition) is 2. The molecule has 1 saturated carbocycles. The van der Waals surface area contributed by atoms with E-state index in [0.717, 1.165) is 32.2 Å². The molecule has 1 aliphatic carbocycles. The van der Waals surface area contributed by atoms with Gasteiger partial charge in [0, 0.05) is 13.0 Å². The van der Waals surface area contributed by atoms with Gasteiger partial charge in [0.25, 0.3) is 0 Å². The Hall–Kier alpha value is -1.26. The molecule has 3 amide bonds. The van der Waals surface area contributed by atoms with Crippen LogP contribution in [0.15, 0.2) is 0 Å². The smallest absolute Gasteiger partial charge is 0.318 e. The zero-order valence-electron chi connectivity index (χ0n) is 10.2. The van der Waals surface area contributed by atoms with Crippen LogP contribution in [0.3, 0.4) is 0 Å². The number of carbonyl (C=O) groups excluding carboxylic acids is 2. The summed E-state index contributed by atoms with van der Waals surface area (Å²) in [5, 5.41) is 3.05. The number of rotatable bonds is 5. The predicted molar refractivity (Wildman–Crippen MR) is 64.3 cm³/mol. The minimum absolute atomic E-state index is 0.0703. The highest BCUT2D eigenvalue weighted by molar-refractivity contribution is 5.77. The maximum absolute atomic E-state index is 11.8. The molecular weight excluding hydrogens is 218 g/mol. The minimum Gasteiger partial charge on any atom is -0.370 e. The van der Waals surface area contributed by atoms with Crippen LogP contribution in [0.25, 0.3) is 0 Å². The van der Waals surface area contributed by atoms with E-state index in [1.807, 2.05) is 4.90 Å². The molecule has 5 heteroatoms. The molecule has 0 aromatic heterocycles. The van der Waals surface area contributed by atoms with Crippen molar-refractivity contribution in [2.24, 2.45) is 5.73 Å². The second-order valence-corrected chi connectivity index (χ2v) is 5.02. The topological polar surface area (TPSA) is 75.4 Å². The van der Waals surface area contributed by atoms with Crippen molar-refractivity contribution in [3.63, 3.8) is 0 Å². The largest absolute Gasteiger partial charge is 0.370 e. The Kier molecular flexibility index (Phi) is 3.86. The first-order valence-electron chi connectivity index (χ1n) is 6.54. The molecule has 0 bridgehead atoms. The van der Waals surface area contributed by atoms with E-state index in [9.17, 15) is 9.59 Å². The van der Waals surface area contributed by atoms with E-state index in [1.165, 1.54) is 12.8 Å². The molecule has 0 radical (unpaired) electrons. The second kappa shape index (κ2) is 5.38. The summed E-state index contributed by atoms with van der Waals surface area (Å²) in [6.45, 7) is 0.750. The van der Waals surface area contributed by atoms with Gasteiger partial charge in [-0.15, -0.1) is 0 Å². The minimum atomic E-state index is -0.258. The number of primary amides is 1. The van der Waals surface area contributed by atoms with Crippen LogP contribution in [0.2, 0.25) is 0 Å². The van der Waals surface area contributed by atoms with Gasteiger partial charge in [0.2, 0.25) is 5.91 Å². The number of carbonyl (C=O) groups is 2. The van der Waals surface area contributed by atoms with Crippen LogP contribution in [0.1, 0.15) is 44.9 Å². The number of urea groups is 1. The predicted octanol–water partition coefficient (Wildman–Crippen LogP) is 0.978. The third kappa shape index (κ3) is 2.90. The Balaban J connectivity index is 1.78. The van der Waals surface area contributed by atoms with E-state index in [0.29, 0.717) is 18.5 Å². The standard InChI is InChI=1S/C12H21N3O2/c13-11(16)7-3-4-8-15-10-6-2-1-5-9(10)14-12(15)17/h9-10H,1-8H2,(H2,13,16)(H,14,17). The molecular formula is C12H21N3O2. The molecule has 2 aliphatic rings. The van der Waals surface area contributed by atoms with Crippen LogP contribution in [-0.2, 0) is 4.79 Å². The van der Waals surface area contributed by atoms with Gasteiger partial charge in [0.15, 0.2) is 0 Å². The van der Waals surface area contributed by atoms with Crippen molar-refractivity contribution in [1.82, 2.24) is 10.2 Å². The Morgan fingerprint density at radius 3 is 2.88 bits per heavy atom. The molecule has 2 atom stereocenters. The zero-order chi connectivity index (χ0) is 12.3. The lowest BCUT2D eigenvalue weighted by molar-refractivity contribution is -0.118. The van der Waals surface area contributed by atoms with Gasteiger partial charge >= 0.3 is 6.03 Å².